The summed E-state index contributed by atoms with van der Waals surface area (Å²) in [4.78, 5) is 10.7. The van der Waals surface area contributed by atoms with Gasteiger partial charge in [0.2, 0.25) is 0 Å². The van der Waals surface area contributed by atoms with E-state index >= 15 is 0 Å². The van der Waals surface area contributed by atoms with Crippen molar-refractivity contribution in [2.45, 2.75) is 58.3 Å². The number of aliphatic carboxylic acids is 1. The highest BCUT2D eigenvalue weighted by Gasteiger charge is 2.50. The lowest BCUT2D eigenvalue weighted by atomic mass is 9.82. The summed E-state index contributed by atoms with van der Waals surface area (Å²) in [5.74, 6) is 0.653. The third kappa shape index (κ3) is 3.24. The van der Waals surface area contributed by atoms with Gasteiger partial charge >= 0.3 is 5.97 Å². The zero-order valence-electron chi connectivity index (χ0n) is 15.8. The van der Waals surface area contributed by atoms with E-state index in [0.29, 0.717) is 5.92 Å². The molecule has 1 aromatic rings. The average molecular weight is 340 g/mol. The van der Waals surface area contributed by atoms with Crippen LogP contribution in [0.2, 0.25) is 0 Å². The summed E-state index contributed by atoms with van der Waals surface area (Å²) in [5.41, 5.74) is 5.00. The van der Waals surface area contributed by atoms with Crippen molar-refractivity contribution in [2.75, 3.05) is 6.61 Å². The smallest absolute Gasteiger partial charge is 0.328 e. The maximum Gasteiger partial charge on any atom is 0.328 e. The number of carbonyl (C=O) groups is 1. The molecule has 0 bridgehead atoms. The number of aryl methyl sites for hydroxylation is 1. The Morgan fingerprint density at radius 2 is 2.08 bits per heavy atom. The minimum Gasteiger partial charge on any atom is -0.492 e. The van der Waals surface area contributed by atoms with Crippen molar-refractivity contribution in [1.29, 1.82) is 0 Å². The van der Waals surface area contributed by atoms with Crippen molar-refractivity contribution in [1.82, 2.24) is 0 Å². The Morgan fingerprint density at radius 1 is 1.36 bits per heavy atom. The molecule has 1 fully saturated rings. The minimum absolute atomic E-state index is 0.0622. The van der Waals surface area contributed by atoms with Gasteiger partial charge in [-0.15, -0.1) is 0 Å². The topological polar surface area (TPSA) is 46.5 Å². The standard InChI is InChI=1S/C22H28O3/c1-6-15-10-17(11-18-20(15)25-13-21(18,3)4)22(5)12-16(22)8-7-14(2)9-19(23)24/h7-11,16H,6,12-13H2,1-5H3,(H,23,24)/b8-7+,14-9+/t16-,22+/m1/s1. The van der Waals surface area contributed by atoms with Gasteiger partial charge in [-0.1, -0.05) is 52.0 Å². The summed E-state index contributed by atoms with van der Waals surface area (Å²) in [6.45, 7) is 11.6. The third-order valence-electron chi connectivity index (χ3n) is 5.76. The molecule has 0 aromatic heterocycles. The zero-order chi connectivity index (χ0) is 18.4. The molecule has 3 nitrogen and oxygen atoms in total. The maximum absolute atomic E-state index is 10.7. The number of hydrogen-bond acceptors (Lipinski definition) is 2. The number of carboxylic acids is 1. The molecule has 0 saturated heterocycles. The Balaban J connectivity index is 1.88. The fourth-order valence-electron chi connectivity index (χ4n) is 3.81. The second-order valence-corrected chi connectivity index (χ2v) is 8.35. The molecule has 0 radical (unpaired) electrons. The number of benzene rings is 1. The van der Waals surface area contributed by atoms with Crippen LogP contribution in [-0.2, 0) is 22.0 Å². The lowest BCUT2D eigenvalue weighted by Crippen LogP contribution is -2.18. The molecule has 1 aliphatic heterocycles. The molecule has 3 rings (SSSR count). The average Bonchev–Trinajstić information content (AvgIpc) is 3.11. The second-order valence-electron chi connectivity index (χ2n) is 8.35. The van der Waals surface area contributed by atoms with Crippen molar-refractivity contribution in [3.8, 4) is 5.75 Å². The first-order valence-electron chi connectivity index (χ1n) is 9.07. The van der Waals surface area contributed by atoms with Crippen molar-refractivity contribution in [3.63, 3.8) is 0 Å². The van der Waals surface area contributed by atoms with Crippen LogP contribution in [-0.4, -0.2) is 17.7 Å². The summed E-state index contributed by atoms with van der Waals surface area (Å²) in [6.07, 6.45) is 7.43. The lowest BCUT2D eigenvalue weighted by molar-refractivity contribution is -0.131. The van der Waals surface area contributed by atoms with E-state index in [-0.39, 0.29) is 10.8 Å². The first kappa shape index (κ1) is 17.8. The molecule has 1 aliphatic carbocycles. The van der Waals surface area contributed by atoms with E-state index in [1.807, 2.05) is 13.0 Å². The van der Waals surface area contributed by atoms with Gasteiger partial charge in [-0.3, -0.25) is 0 Å². The molecule has 0 spiro atoms. The van der Waals surface area contributed by atoms with E-state index < -0.39 is 5.97 Å². The molecule has 25 heavy (non-hydrogen) atoms. The van der Waals surface area contributed by atoms with Crippen molar-refractivity contribution in [2.24, 2.45) is 5.92 Å². The quantitative estimate of drug-likeness (QED) is 0.619. The van der Waals surface area contributed by atoms with E-state index in [1.54, 1.807) is 0 Å². The molecular formula is C22H28O3. The molecule has 0 unspecified atom stereocenters. The molecule has 134 valence electrons. The van der Waals surface area contributed by atoms with Gasteiger partial charge in [0.15, 0.2) is 0 Å². The lowest BCUT2D eigenvalue weighted by Gasteiger charge is -2.20. The van der Waals surface area contributed by atoms with E-state index in [0.717, 1.165) is 30.8 Å². The summed E-state index contributed by atoms with van der Waals surface area (Å²) < 4.78 is 5.99. The van der Waals surface area contributed by atoms with Crippen molar-refractivity contribution >= 4 is 5.97 Å². The second kappa shape index (κ2) is 6.05. The van der Waals surface area contributed by atoms with E-state index in [4.69, 9.17) is 9.84 Å². The van der Waals surface area contributed by atoms with Gasteiger partial charge in [-0.25, -0.2) is 4.79 Å². The Labute approximate surface area is 150 Å². The predicted octanol–water partition coefficient (Wildman–Crippen LogP) is 4.78. The van der Waals surface area contributed by atoms with Gasteiger partial charge in [0, 0.05) is 17.1 Å². The number of ether oxygens (including phenoxy) is 1. The maximum atomic E-state index is 10.7. The number of fused-ring (bicyclic) bond motifs is 1. The fraction of sp³-hybridized carbons (Fsp3) is 0.500. The predicted molar refractivity (Wildman–Crippen MR) is 100 cm³/mol. The van der Waals surface area contributed by atoms with E-state index in [1.165, 1.54) is 22.8 Å². The van der Waals surface area contributed by atoms with Crippen LogP contribution >= 0.6 is 0 Å². The third-order valence-corrected chi connectivity index (χ3v) is 5.76. The summed E-state index contributed by atoms with van der Waals surface area (Å²) in [6, 6.07) is 4.66. The molecule has 1 aromatic carbocycles. The van der Waals surface area contributed by atoms with Crippen LogP contribution in [0.15, 0.2) is 35.9 Å². The molecule has 2 atom stereocenters. The van der Waals surface area contributed by atoms with Crippen molar-refractivity contribution < 1.29 is 14.6 Å². The van der Waals surface area contributed by atoms with Gasteiger partial charge in [0.1, 0.15) is 5.75 Å². The number of rotatable bonds is 5. The SMILES string of the molecule is CCc1cc([C@@]2(C)C[C@H]2/C=C/C(C)=C/C(=O)O)cc2c1OCC2(C)C. The van der Waals surface area contributed by atoms with Gasteiger partial charge in [-0.05, 0) is 47.8 Å². The zero-order valence-corrected chi connectivity index (χ0v) is 15.8. The largest absolute Gasteiger partial charge is 0.492 e. The summed E-state index contributed by atoms with van der Waals surface area (Å²) >= 11 is 0. The van der Waals surface area contributed by atoms with Crippen molar-refractivity contribution in [3.05, 3.63) is 52.6 Å². The molecule has 1 N–H and O–H groups in total. The van der Waals surface area contributed by atoms with Gasteiger partial charge in [0.05, 0.1) is 6.61 Å². The number of hydrogen-bond donors (Lipinski definition) is 1. The van der Waals surface area contributed by atoms with Gasteiger partial charge in [0.25, 0.3) is 0 Å². The van der Waals surface area contributed by atoms with E-state index in [2.05, 4.69) is 45.9 Å². The summed E-state index contributed by atoms with van der Waals surface area (Å²) in [5, 5.41) is 8.82. The Hall–Kier alpha value is -2.03. The molecule has 1 heterocycles. The van der Waals surface area contributed by atoms with Crippen LogP contribution in [0.4, 0.5) is 0 Å². The van der Waals surface area contributed by atoms with Crippen LogP contribution in [0.5, 0.6) is 5.75 Å². The minimum atomic E-state index is -0.894. The molecule has 1 saturated carbocycles. The van der Waals surface area contributed by atoms with Gasteiger partial charge < -0.3 is 9.84 Å². The first-order chi connectivity index (χ1) is 11.7. The van der Waals surface area contributed by atoms with Crippen LogP contribution in [0.25, 0.3) is 0 Å². The monoisotopic (exact) mass is 340 g/mol. The molecule has 0 amide bonds. The van der Waals surface area contributed by atoms with Crippen LogP contribution in [0.3, 0.4) is 0 Å². The highest BCUT2D eigenvalue weighted by molar-refractivity contribution is 5.81. The normalized spacial score (nSPS) is 27.2. The number of allylic oxidation sites excluding steroid dienone is 3. The van der Waals surface area contributed by atoms with Gasteiger partial charge in [-0.2, -0.15) is 0 Å². The Morgan fingerprint density at radius 3 is 2.72 bits per heavy atom. The Bertz CT molecular complexity index is 770. The molecular weight excluding hydrogens is 312 g/mol. The highest BCUT2D eigenvalue weighted by atomic mass is 16.5. The number of carboxylic acid groups (broad SMARTS) is 1. The van der Waals surface area contributed by atoms with Crippen LogP contribution in [0.1, 0.15) is 57.7 Å². The summed E-state index contributed by atoms with van der Waals surface area (Å²) in [7, 11) is 0. The first-order valence-corrected chi connectivity index (χ1v) is 9.07. The van der Waals surface area contributed by atoms with Crippen LogP contribution < -0.4 is 4.74 Å². The fourth-order valence-corrected chi connectivity index (χ4v) is 3.81. The molecule has 2 aliphatic rings. The molecule has 3 heteroatoms. The Kier molecular flexibility index (Phi) is 4.30. The van der Waals surface area contributed by atoms with E-state index in [9.17, 15) is 4.79 Å². The highest BCUT2D eigenvalue weighted by Crippen LogP contribution is 2.56. The van der Waals surface area contributed by atoms with Crippen LogP contribution in [0, 0.1) is 5.92 Å².